The van der Waals surface area contributed by atoms with Gasteiger partial charge in [-0.2, -0.15) is 11.8 Å². The van der Waals surface area contributed by atoms with Gasteiger partial charge in [0.05, 0.1) is 0 Å². The van der Waals surface area contributed by atoms with Crippen LogP contribution in [0.1, 0.15) is 53.4 Å². The van der Waals surface area contributed by atoms with E-state index in [9.17, 15) is 0 Å². The summed E-state index contributed by atoms with van der Waals surface area (Å²) in [5.41, 5.74) is 0.467. The van der Waals surface area contributed by atoms with E-state index < -0.39 is 0 Å². The maximum Gasteiger partial charge on any atom is 0.0285 e. The fourth-order valence-electron chi connectivity index (χ4n) is 2.41. The number of nitrogens with one attached hydrogen (secondary N) is 1. The Morgan fingerprint density at radius 3 is 2.47 bits per heavy atom. The number of hydrogen-bond acceptors (Lipinski definition) is 2. The Balaban J connectivity index is 2.48. The molecule has 0 radical (unpaired) electrons. The van der Waals surface area contributed by atoms with Gasteiger partial charge in [0.25, 0.3) is 0 Å². The van der Waals surface area contributed by atoms with E-state index in [2.05, 4.69) is 51.8 Å². The molecule has 2 heteroatoms. The van der Waals surface area contributed by atoms with Crippen molar-refractivity contribution in [2.75, 3.05) is 12.8 Å². The molecule has 2 unspecified atom stereocenters. The van der Waals surface area contributed by atoms with Crippen molar-refractivity contribution in [3.63, 3.8) is 0 Å². The highest BCUT2D eigenvalue weighted by atomic mass is 32.2. The van der Waals surface area contributed by atoms with Crippen LogP contribution in [0.25, 0.3) is 0 Å². The summed E-state index contributed by atoms with van der Waals surface area (Å²) in [6.07, 6.45) is 5.40. The van der Waals surface area contributed by atoms with Gasteiger partial charge < -0.3 is 5.32 Å². The maximum atomic E-state index is 3.54. The predicted octanol–water partition coefficient (Wildman–Crippen LogP) is 3.69. The summed E-state index contributed by atoms with van der Waals surface area (Å²) < 4.78 is 0.486. The first-order valence-corrected chi connectivity index (χ1v) is 7.17. The summed E-state index contributed by atoms with van der Waals surface area (Å²) >= 11 is 2.17. The van der Waals surface area contributed by atoms with E-state index in [0.717, 1.165) is 0 Å². The molecule has 1 aliphatic rings. The lowest BCUT2D eigenvalue weighted by atomic mass is 9.84. The Labute approximate surface area is 99.8 Å². The van der Waals surface area contributed by atoms with Gasteiger partial charge in [-0.15, -0.1) is 0 Å². The smallest absolute Gasteiger partial charge is 0.0285 e. The predicted molar refractivity (Wildman–Crippen MR) is 71.6 cm³/mol. The highest BCUT2D eigenvalue weighted by molar-refractivity contribution is 8.00. The Morgan fingerprint density at radius 1 is 1.40 bits per heavy atom. The molecule has 0 saturated carbocycles. The van der Waals surface area contributed by atoms with Crippen LogP contribution in [0.15, 0.2) is 0 Å². The van der Waals surface area contributed by atoms with Crippen molar-refractivity contribution in [3.05, 3.63) is 0 Å². The molecule has 1 aliphatic heterocycles. The third-order valence-electron chi connectivity index (χ3n) is 3.52. The van der Waals surface area contributed by atoms with Crippen LogP contribution in [0.4, 0.5) is 0 Å². The van der Waals surface area contributed by atoms with Crippen LogP contribution in [0.2, 0.25) is 0 Å². The monoisotopic (exact) mass is 229 g/mol. The second-order valence-electron chi connectivity index (χ2n) is 6.21. The van der Waals surface area contributed by atoms with Crippen molar-refractivity contribution >= 4 is 11.8 Å². The van der Waals surface area contributed by atoms with Gasteiger partial charge in [-0.05, 0) is 50.8 Å². The van der Waals surface area contributed by atoms with Gasteiger partial charge in [-0.1, -0.05) is 20.8 Å². The van der Waals surface area contributed by atoms with Crippen LogP contribution in [0, 0.1) is 5.41 Å². The molecule has 15 heavy (non-hydrogen) atoms. The van der Waals surface area contributed by atoms with Gasteiger partial charge in [-0.3, -0.25) is 0 Å². The molecule has 0 aromatic heterocycles. The summed E-state index contributed by atoms with van der Waals surface area (Å²) in [7, 11) is 2.12. The Kier molecular flexibility index (Phi) is 4.54. The largest absolute Gasteiger partial charge is 0.316 e. The van der Waals surface area contributed by atoms with E-state index >= 15 is 0 Å². The van der Waals surface area contributed by atoms with Crippen molar-refractivity contribution < 1.29 is 0 Å². The van der Waals surface area contributed by atoms with Gasteiger partial charge in [0.15, 0.2) is 0 Å². The molecule has 1 fully saturated rings. The lowest BCUT2D eigenvalue weighted by molar-refractivity contribution is 0.307. The summed E-state index contributed by atoms with van der Waals surface area (Å²) in [4.78, 5) is 0. The molecular formula is C13H27NS. The summed E-state index contributed by atoms with van der Waals surface area (Å²) in [5.74, 6) is 1.35. The number of rotatable bonds is 4. The minimum absolute atomic E-state index is 0.467. The summed E-state index contributed by atoms with van der Waals surface area (Å²) in [6, 6.07) is 0.684. The third-order valence-corrected chi connectivity index (χ3v) is 5.16. The first-order chi connectivity index (χ1) is 6.87. The lowest BCUT2D eigenvalue weighted by Crippen LogP contribution is -2.43. The van der Waals surface area contributed by atoms with E-state index in [4.69, 9.17) is 0 Å². The van der Waals surface area contributed by atoms with E-state index in [0.29, 0.717) is 16.2 Å². The first-order valence-electron chi connectivity index (χ1n) is 6.19. The Morgan fingerprint density at radius 2 is 2.07 bits per heavy atom. The number of hydrogen-bond donors (Lipinski definition) is 1. The number of thioether (sulfide) groups is 1. The average Bonchev–Trinajstić information content (AvgIpc) is 2.52. The topological polar surface area (TPSA) is 12.0 Å². The van der Waals surface area contributed by atoms with Crippen molar-refractivity contribution in [2.45, 2.75) is 64.2 Å². The first kappa shape index (κ1) is 13.4. The SMILES string of the molecule is CNC(CCC(C)(C)C)C1(C)CCCS1. The van der Waals surface area contributed by atoms with Gasteiger partial charge >= 0.3 is 0 Å². The Bertz CT molecular complexity index is 189. The van der Waals surface area contributed by atoms with Gasteiger partial charge in [0.1, 0.15) is 0 Å². The molecule has 1 heterocycles. The van der Waals surface area contributed by atoms with Crippen molar-refractivity contribution in [1.29, 1.82) is 0 Å². The van der Waals surface area contributed by atoms with Gasteiger partial charge in [0.2, 0.25) is 0 Å². The minimum atomic E-state index is 0.467. The lowest BCUT2D eigenvalue weighted by Gasteiger charge is -2.35. The summed E-state index contributed by atoms with van der Waals surface area (Å²) in [5, 5.41) is 3.54. The molecule has 0 amide bonds. The van der Waals surface area contributed by atoms with Crippen LogP contribution < -0.4 is 5.32 Å². The zero-order chi connectivity index (χ0) is 11.5. The standard InChI is InChI=1S/C13H27NS/c1-12(2,3)9-7-11(14-5)13(4)8-6-10-15-13/h11,14H,6-10H2,1-5H3. The molecule has 1 rings (SSSR count). The highest BCUT2D eigenvalue weighted by Crippen LogP contribution is 2.42. The zero-order valence-electron chi connectivity index (χ0n) is 11.0. The second-order valence-corrected chi connectivity index (χ2v) is 7.83. The minimum Gasteiger partial charge on any atom is -0.316 e. The Hall–Kier alpha value is 0.310. The molecule has 2 atom stereocenters. The van der Waals surface area contributed by atoms with Crippen LogP contribution in [0.5, 0.6) is 0 Å². The van der Waals surface area contributed by atoms with E-state index in [1.54, 1.807) is 0 Å². The molecule has 0 spiro atoms. The molecule has 1 nitrogen and oxygen atoms in total. The van der Waals surface area contributed by atoms with Crippen molar-refractivity contribution in [3.8, 4) is 0 Å². The fraction of sp³-hybridized carbons (Fsp3) is 1.00. The van der Waals surface area contributed by atoms with Crippen molar-refractivity contribution in [2.24, 2.45) is 5.41 Å². The molecule has 1 N–H and O–H groups in total. The van der Waals surface area contributed by atoms with Crippen LogP contribution in [0.3, 0.4) is 0 Å². The quantitative estimate of drug-likeness (QED) is 0.789. The van der Waals surface area contributed by atoms with Gasteiger partial charge in [0, 0.05) is 10.8 Å². The molecule has 0 aromatic carbocycles. The maximum absolute atomic E-state index is 3.54. The molecule has 1 saturated heterocycles. The second kappa shape index (κ2) is 5.09. The molecule has 90 valence electrons. The molecule has 0 aliphatic carbocycles. The normalized spacial score (nSPS) is 29.4. The summed E-state index contributed by atoms with van der Waals surface area (Å²) in [6.45, 7) is 9.45. The average molecular weight is 229 g/mol. The molecular weight excluding hydrogens is 202 g/mol. The fourth-order valence-corrected chi connectivity index (χ4v) is 3.89. The van der Waals surface area contributed by atoms with Crippen molar-refractivity contribution in [1.82, 2.24) is 5.32 Å². The van der Waals surface area contributed by atoms with E-state index in [1.165, 1.54) is 31.4 Å². The van der Waals surface area contributed by atoms with E-state index in [1.807, 2.05) is 0 Å². The van der Waals surface area contributed by atoms with Crippen LogP contribution in [-0.4, -0.2) is 23.6 Å². The highest BCUT2D eigenvalue weighted by Gasteiger charge is 2.37. The third kappa shape index (κ3) is 3.99. The van der Waals surface area contributed by atoms with Crippen LogP contribution in [-0.2, 0) is 0 Å². The van der Waals surface area contributed by atoms with Crippen LogP contribution >= 0.6 is 11.8 Å². The van der Waals surface area contributed by atoms with Gasteiger partial charge in [-0.25, -0.2) is 0 Å². The molecule has 0 aromatic rings. The zero-order valence-corrected chi connectivity index (χ0v) is 11.8. The molecule has 0 bridgehead atoms. The van der Waals surface area contributed by atoms with E-state index in [-0.39, 0.29) is 0 Å².